The van der Waals surface area contributed by atoms with Crippen LogP contribution < -0.4 is 10.6 Å². The molecule has 1 aliphatic rings. The van der Waals surface area contributed by atoms with Gasteiger partial charge < -0.3 is 15.4 Å². The lowest BCUT2D eigenvalue weighted by Crippen LogP contribution is -2.48. The Kier molecular flexibility index (Phi) is 5.43. The van der Waals surface area contributed by atoms with Crippen LogP contribution in [0.2, 0.25) is 0 Å². The molecule has 1 aliphatic heterocycles. The van der Waals surface area contributed by atoms with Crippen LogP contribution in [0.25, 0.3) is 0 Å². The molecule has 1 atom stereocenters. The number of hydrogen-bond acceptors (Lipinski definition) is 5. The minimum Gasteiger partial charge on any atom is -0.465 e. The largest absolute Gasteiger partial charge is 0.465 e. The normalized spacial score (nSPS) is 18.4. The van der Waals surface area contributed by atoms with Crippen LogP contribution in [-0.4, -0.2) is 43.1 Å². The molecule has 1 unspecified atom stereocenters. The first kappa shape index (κ1) is 14.9. The van der Waals surface area contributed by atoms with Crippen molar-refractivity contribution in [2.45, 2.75) is 12.6 Å². The highest BCUT2D eigenvalue weighted by Gasteiger charge is 2.20. The lowest BCUT2D eigenvalue weighted by molar-refractivity contribution is -0.122. The molecule has 0 aliphatic carbocycles. The van der Waals surface area contributed by atoms with Crippen LogP contribution in [0.3, 0.4) is 0 Å². The summed E-state index contributed by atoms with van der Waals surface area (Å²) in [5.74, 6) is 1.53. The van der Waals surface area contributed by atoms with Crippen LogP contribution in [0.5, 0.6) is 0 Å². The lowest BCUT2D eigenvalue weighted by Gasteiger charge is -2.22. The second-order valence-electron chi connectivity index (χ2n) is 4.49. The minimum atomic E-state index is -0.357. The van der Waals surface area contributed by atoms with Crippen molar-refractivity contribution in [3.05, 3.63) is 35.4 Å². The van der Waals surface area contributed by atoms with Gasteiger partial charge in [0.05, 0.1) is 18.7 Å². The van der Waals surface area contributed by atoms with E-state index in [4.69, 9.17) is 0 Å². The van der Waals surface area contributed by atoms with Gasteiger partial charge in [-0.25, -0.2) is 4.79 Å². The Morgan fingerprint density at radius 3 is 2.75 bits per heavy atom. The molecule has 108 valence electrons. The number of hydrogen-bond donors (Lipinski definition) is 2. The molecule has 2 rings (SSSR count). The zero-order valence-electron chi connectivity index (χ0n) is 11.3. The molecule has 0 radical (unpaired) electrons. The summed E-state index contributed by atoms with van der Waals surface area (Å²) in [4.78, 5) is 23.2. The van der Waals surface area contributed by atoms with E-state index in [1.54, 1.807) is 23.9 Å². The third-order valence-corrected chi connectivity index (χ3v) is 4.14. The standard InChI is InChI=1S/C14H18N2O3S/c1-19-14(18)11-4-2-10(3-5-11)8-16-13(17)12-9-20-7-6-15-12/h2-5,12,15H,6-9H2,1H3,(H,16,17). The zero-order chi connectivity index (χ0) is 14.4. The van der Waals surface area contributed by atoms with Crippen LogP contribution in [-0.2, 0) is 16.1 Å². The van der Waals surface area contributed by atoms with Gasteiger partial charge in [-0.1, -0.05) is 12.1 Å². The van der Waals surface area contributed by atoms with E-state index in [-0.39, 0.29) is 17.9 Å². The molecule has 0 bridgehead atoms. The van der Waals surface area contributed by atoms with Gasteiger partial charge in [0.25, 0.3) is 0 Å². The molecule has 1 saturated heterocycles. The first-order chi connectivity index (χ1) is 9.70. The Hall–Kier alpha value is -1.53. The van der Waals surface area contributed by atoms with E-state index in [0.717, 1.165) is 23.6 Å². The quantitative estimate of drug-likeness (QED) is 0.804. The van der Waals surface area contributed by atoms with Gasteiger partial charge in [0.2, 0.25) is 5.91 Å². The topological polar surface area (TPSA) is 67.4 Å². The van der Waals surface area contributed by atoms with Gasteiger partial charge in [0.15, 0.2) is 0 Å². The zero-order valence-corrected chi connectivity index (χ0v) is 12.2. The molecule has 1 aromatic carbocycles. The summed E-state index contributed by atoms with van der Waals surface area (Å²) in [6, 6.07) is 6.91. The van der Waals surface area contributed by atoms with Crippen LogP contribution in [0, 0.1) is 0 Å². The molecule has 0 spiro atoms. The van der Waals surface area contributed by atoms with Crippen molar-refractivity contribution in [1.29, 1.82) is 0 Å². The molecule has 2 N–H and O–H groups in total. The van der Waals surface area contributed by atoms with Crippen molar-refractivity contribution in [3.63, 3.8) is 0 Å². The van der Waals surface area contributed by atoms with Crippen molar-refractivity contribution in [1.82, 2.24) is 10.6 Å². The summed E-state index contributed by atoms with van der Waals surface area (Å²) in [5, 5.41) is 6.09. The van der Waals surface area contributed by atoms with Gasteiger partial charge in [-0.2, -0.15) is 11.8 Å². The maximum atomic E-state index is 11.9. The van der Waals surface area contributed by atoms with E-state index >= 15 is 0 Å². The maximum absolute atomic E-state index is 11.9. The summed E-state index contributed by atoms with van der Waals surface area (Å²) in [7, 11) is 1.35. The first-order valence-corrected chi connectivity index (χ1v) is 7.62. The molecule has 0 saturated carbocycles. The number of rotatable bonds is 4. The van der Waals surface area contributed by atoms with Crippen LogP contribution >= 0.6 is 11.8 Å². The Labute approximate surface area is 122 Å². The van der Waals surface area contributed by atoms with Crippen LogP contribution in [0.4, 0.5) is 0 Å². The number of ether oxygens (including phenoxy) is 1. The summed E-state index contributed by atoms with van der Waals surface area (Å²) >= 11 is 1.79. The molecule has 1 fully saturated rings. The fourth-order valence-electron chi connectivity index (χ4n) is 1.92. The van der Waals surface area contributed by atoms with Crippen LogP contribution in [0.1, 0.15) is 15.9 Å². The maximum Gasteiger partial charge on any atom is 0.337 e. The van der Waals surface area contributed by atoms with Crippen LogP contribution in [0.15, 0.2) is 24.3 Å². The van der Waals surface area contributed by atoms with Crippen molar-refractivity contribution < 1.29 is 14.3 Å². The first-order valence-electron chi connectivity index (χ1n) is 6.47. The lowest BCUT2D eigenvalue weighted by atomic mass is 10.1. The molecule has 6 heteroatoms. The average molecular weight is 294 g/mol. The number of benzene rings is 1. The van der Waals surface area contributed by atoms with E-state index in [0.29, 0.717) is 12.1 Å². The monoisotopic (exact) mass is 294 g/mol. The van der Waals surface area contributed by atoms with E-state index in [9.17, 15) is 9.59 Å². The molecule has 1 heterocycles. The highest BCUT2D eigenvalue weighted by Crippen LogP contribution is 2.09. The van der Waals surface area contributed by atoms with Gasteiger partial charge in [-0.3, -0.25) is 4.79 Å². The smallest absolute Gasteiger partial charge is 0.337 e. The fourth-order valence-corrected chi connectivity index (χ4v) is 2.86. The molecular formula is C14H18N2O3S. The third-order valence-electron chi connectivity index (χ3n) is 3.08. The highest BCUT2D eigenvalue weighted by atomic mass is 32.2. The number of esters is 1. The summed E-state index contributed by atoms with van der Waals surface area (Å²) in [6.45, 7) is 1.33. The SMILES string of the molecule is COC(=O)c1ccc(CNC(=O)C2CSCCN2)cc1. The number of amides is 1. The van der Waals surface area contributed by atoms with E-state index in [1.165, 1.54) is 7.11 Å². The average Bonchev–Trinajstić information content (AvgIpc) is 2.53. The number of carbonyl (C=O) groups is 2. The van der Waals surface area contributed by atoms with Crippen molar-refractivity contribution in [3.8, 4) is 0 Å². The number of nitrogens with one attached hydrogen (secondary N) is 2. The third kappa shape index (κ3) is 3.98. The summed E-state index contributed by atoms with van der Waals surface area (Å²) < 4.78 is 4.63. The minimum absolute atomic E-state index is 0.0224. The molecule has 5 nitrogen and oxygen atoms in total. The van der Waals surface area contributed by atoms with Gasteiger partial charge in [0, 0.05) is 24.6 Å². The summed E-state index contributed by atoms with van der Waals surface area (Å²) in [6.07, 6.45) is 0. The Morgan fingerprint density at radius 2 is 2.15 bits per heavy atom. The van der Waals surface area contributed by atoms with Gasteiger partial charge in [0.1, 0.15) is 0 Å². The molecule has 20 heavy (non-hydrogen) atoms. The van der Waals surface area contributed by atoms with Gasteiger partial charge in [-0.15, -0.1) is 0 Å². The Bertz CT molecular complexity index is 470. The van der Waals surface area contributed by atoms with E-state index in [2.05, 4.69) is 15.4 Å². The molecule has 0 aromatic heterocycles. The van der Waals surface area contributed by atoms with Gasteiger partial charge in [-0.05, 0) is 17.7 Å². The Morgan fingerprint density at radius 1 is 1.40 bits per heavy atom. The molecule has 1 aromatic rings. The van der Waals surface area contributed by atoms with Gasteiger partial charge >= 0.3 is 5.97 Å². The number of thioether (sulfide) groups is 1. The van der Waals surface area contributed by atoms with E-state index in [1.807, 2.05) is 12.1 Å². The van der Waals surface area contributed by atoms with Crippen molar-refractivity contribution >= 4 is 23.6 Å². The Balaban J connectivity index is 1.84. The predicted molar refractivity (Wildman–Crippen MR) is 78.7 cm³/mol. The second-order valence-corrected chi connectivity index (χ2v) is 5.64. The van der Waals surface area contributed by atoms with Crippen molar-refractivity contribution in [2.75, 3.05) is 25.2 Å². The summed E-state index contributed by atoms with van der Waals surface area (Å²) in [5.41, 5.74) is 1.46. The number of carbonyl (C=O) groups excluding carboxylic acids is 2. The highest BCUT2D eigenvalue weighted by molar-refractivity contribution is 7.99. The number of methoxy groups -OCH3 is 1. The fraction of sp³-hybridized carbons (Fsp3) is 0.429. The second kappa shape index (κ2) is 7.31. The molecular weight excluding hydrogens is 276 g/mol. The van der Waals surface area contributed by atoms with Crippen molar-refractivity contribution in [2.24, 2.45) is 0 Å². The molecule has 1 amide bonds. The van der Waals surface area contributed by atoms with E-state index < -0.39 is 0 Å². The predicted octanol–water partition coefficient (Wildman–Crippen LogP) is 0.794.